The van der Waals surface area contributed by atoms with Gasteiger partial charge in [-0.15, -0.1) is 0 Å². The van der Waals surface area contributed by atoms with E-state index in [-0.39, 0.29) is 0 Å². The number of nitriles is 1. The van der Waals surface area contributed by atoms with E-state index < -0.39 is 0 Å². The Morgan fingerprint density at radius 1 is 1.36 bits per heavy atom. The van der Waals surface area contributed by atoms with Crippen molar-refractivity contribution in [3.05, 3.63) is 47.0 Å². The van der Waals surface area contributed by atoms with Crippen molar-refractivity contribution in [1.29, 1.82) is 5.26 Å². The predicted molar refractivity (Wildman–Crippen MR) is 56.0 cm³/mol. The van der Waals surface area contributed by atoms with E-state index in [4.69, 9.17) is 5.26 Å². The molecule has 0 spiro atoms. The summed E-state index contributed by atoms with van der Waals surface area (Å²) in [7, 11) is 0. The van der Waals surface area contributed by atoms with Crippen molar-refractivity contribution in [3.63, 3.8) is 0 Å². The molecule has 0 bridgehead atoms. The average Bonchev–Trinajstić information content (AvgIpc) is 2.64. The fourth-order valence-corrected chi connectivity index (χ4v) is 1.67. The van der Waals surface area contributed by atoms with Gasteiger partial charge in [0.15, 0.2) is 4.73 Å². The SMILES string of the molecule is N#Cc1ccccc1-n1ccnc1Br. The summed E-state index contributed by atoms with van der Waals surface area (Å²) in [6.45, 7) is 0. The van der Waals surface area contributed by atoms with Crippen LogP contribution in [-0.2, 0) is 0 Å². The average molecular weight is 248 g/mol. The molecule has 0 aliphatic heterocycles. The van der Waals surface area contributed by atoms with Crippen molar-refractivity contribution in [1.82, 2.24) is 9.55 Å². The second-order valence-corrected chi connectivity index (χ2v) is 3.40. The van der Waals surface area contributed by atoms with E-state index in [2.05, 4.69) is 27.0 Å². The zero-order valence-electron chi connectivity index (χ0n) is 7.18. The highest BCUT2D eigenvalue weighted by molar-refractivity contribution is 9.10. The third kappa shape index (κ3) is 1.42. The number of halogens is 1. The smallest absolute Gasteiger partial charge is 0.181 e. The maximum Gasteiger partial charge on any atom is 0.181 e. The summed E-state index contributed by atoms with van der Waals surface area (Å²) in [5.41, 5.74) is 1.46. The minimum atomic E-state index is 0.631. The van der Waals surface area contributed by atoms with Gasteiger partial charge in [0, 0.05) is 12.4 Å². The van der Waals surface area contributed by atoms with Crippen LogP contribution in [0.25, 0.3) is 5.69 Å². The van der Waals surface area contributed by atoms with Gasteiger partial charge >= 0.3 is 0 Å². The Labute approximate surface area is 89.8 Å². The molecule has 0 saturated heterocycles. The molecule has 1 aromatic heterocycles. The molecular formula is C10H6BrN3. The Bertz CT molecular complexity index is 496. The third-order valence-electron chi connectivity index (χ3n) is 1.88. The molecule has 4 heteroatoms. The van der Waals surface area contributed by atoms with Crippen LogP contribution in [0.3, 0.4) is 0 Å². The highest BCUT2D eigenvalue weighted by atomic mass is 79.9. The maximum absolute atomic E-state index is 8.91. The van der Waals surface area contributed by atoms with Crippen molar-refractivity contribution in [2.45, 2.75) is 0 Å². The van der Waals surface area contributed by atoms with Crippen LogP contribution in [0, 0.1) is 11.3 Å². The van der Waals surface area contributed by atoms with Crippen LogP contribution < -0.4 is 0 Å². The monoisotopic (exact) mass is 247 g/mol. The number of hydrogen-bond donors (Lipinski definition) is 0. The fraction of sp³-hybridized carbons (Fsp3) is 0. The Morgan fingerprint density at radius 2 is 2.14 bits per heavy atom. The van der Waals surface area contributed by atoms with Gasteiger partial charge in [0.1, 0.15) is 6.07 Å². The van der Waals surface area contributed by atoms with Crippen molar-refractivity contribution < 1.29 is 0 Å². The zero-order chi connectivity index (χ0) is 9.97. The Kier molecular flexibility index (Phi) is 2.33. The Hall–Kier alpha value is -1.60. The van der Waals surface area contributed by atoms with Crippen LogP contribution >= 0.6 is 15.9 Å². The van der Waals surface area contributed by atoms with Gasteiger partial charge in [-0.25, -0.2) is 4.98 Å². The number of aromatic nitrogens is 2. The summed E-state index contributed by atoms with van der Waals surface area (Å²) in [4.78, 5) is 4.04. The first-order valence-electron chi connectivity index (χ1n) is 4.01. The lowest BCUT2D eigenvalue weighted by Gasteiger charge is -2.04. The second kappa shape index (κ2) is 3.64. The van der Waals surface area contributed by atoms with Crippen LogP contribution in [-0.4, -0.2) is 9.55 Å². The lowest BCUT2D eigenvalue weighted by atomic mass is 10.2. The molecule has 0 fully saturated rings. The number of imidazole rings is 1. The number of nitrogens with zero attached hydrogens (tertiary/aromatic N) is 3. The van der Waals surface area contributed by atoms with E-state index in [9.17, 15) is 0 Å². The third-order valence-corrected chi connectivity index (χ3v) is 2.47. The predicted octanol–water partition coefficient (Wildman–Crippen LogP) is 2.51. The summed E-state index contributed by atoms with van der Waals surface area (Å²) in [5, 5.41) is 8.91. The van der Waals surface area contributed by atoms with E-state index in [1.54, 1.807) is 18.5 Å². The molecule has 0 radical (unpaired) electrons. The molecule has 14 heavy (non-hydrogen) atoms. The van der Waals surface area contributed by atoms with Crippen molar-refractivity contribution in [3.8, 4) is 11.8 Å². The standard InChI is InChI=1S/C10H6BrN3/c11-10-13-5-6-14(10)9-4-2-1-3-8(9)7-12/h1-6H. The fourth-order valence-electron chi connectivity index (χ4n) is 1.24. The highest BCUT2D eigenvalue weighted by Crippen LogP contribution is 2.18. The minimum absolute atomic E-state index is 0.631. The van der Waals surface area contributed by atoms with E-state index in [0.717, 1.165) is 5.69 Å². The first-order valence-corrected chi connectivity index (χ1v) is 4.80. The quantitative estimate of drug-likeness (QED) is 0.777. The molecule has 0 aliphatic rings. The zero-order valence-corrected chi connectivity index (χ0v) is 8.77. The Morgan fingerprint density at radius 3 is 2.79 bits per heavy atom. The maximum atomic E-state index is 8.91. The molecule has 3 nitrogen and oxygen atoms in total. The van der Waals surface area contributed by atoms with Crippen molar-refractivity contribution in [2.75, 3.05) is 0 Å². The molecule has 0 N–H and O–H groups in total. The molecule has 1 aromatic carbocycles. The molecule has 2 rings (SSSR count). The van der Waals surface area contributed by atoms with Crippen LogP contribution in [0.15, 0.2) is 41.4 Å². The molecule has 0 atom stereocenters. The van der Waals surface area contributed by atoms with Gasteiger partial charge in [0.25, 0.3) is 0 Å². The van der Waals surface area contributed by atoms with Gasteiger partial charge in [-0.05, 0) is 28.1 Å². The van der Waals surface area contributed by atoms with Crippen molar-refractivity contribution in [2.24, 2.45) is 0 Å². The number of benzene rings is 1. The topological polar surface area (TPSA) is 41.6 Å². The summed E-state index contributed by atoms with van der Waals surface area (Å²) in [5.74, 6) is 0. The van der Waals surface area contributed by atoms with Crippen molar-refractivity contribution >= 4 is 15.9 Å². The second-order valence-electron chi connectivity index (χ2n) is 2.70. The van der Waals surface area contributed by atoms with Gasteiger partial charge in [-0.1, -0.05) is 12.1 Å². The van der Waals surface area contributed by atoms with E-state index >= 15 is 0 Å². The van der Waals surface area contributed by atoms with E-state index in [0.29, 0.717) is 10.3 Å². The summed E-state index contributed by atoms with van der Waals surface area (Å²) in [6.07, 6.45) is 3.48. The number of rotatable bonds is 1. The molecule has 68 valence electrons. The molecule has 0 unspecified atom stereocenters. The lowest BCUT2D eigenvalue weighted by Crippen LogP contribution is -1.95. The van der Waals surface area contributed by atoms with Gasteiger partial charge in [0.05, 0.1) is 11.3 Å². The van der Waals surface area contributed by atoms with Gasteiger partial charge < -0.3 is 0 Å². The molecular weight excluding hydrogens is 242 g/mol. The minimum Gasteiger partial charge on any atom is -0.293 e. The molecule has 1 heterocycles. The molecule has 0 amide bonds. The molecule has 2 aromatic rings. The Balaban J connectivity index is 2.64. The van der Waals surface area contributed by atoms with E-state index in [1.807, 2.05) is 22.8 Å². The summed E-state index contributed by atoms with van der Waals surface area (Å²) in [6, 6.07) is 9.53. The van der Waals surface area contributed by atoms with Crippen LogP contribution in [0.2, 0.25) is 0 Å². The largest absolute Gasteiger partial charge is 0.293 e. The van der Waals surface area contributed by atoms with Crippen LogP contribution in [0.1, 0.15) is 5.56 Å². The normalized spacial score (nSPS) is 9.71. The number of hydrogen-bond acceptors (Lipinski definition) is 2. The number of para-hydroxylation sites is 1. The first-order chi connectivity index (χ1) is 6.83. The lowest BCUT2D eigenvalue weighted by molar-refractivity contribution is 1.01. The van der Waals surface area contributed by atoms with Crippen LogP contribution in [0.4, 0.5) is 0 Å². The summed E-state index contributed by atoms with van der Waals surface area (Å²) < 4.78 is 2.51. The molecule has 0 aliphatic carbocycles. The molecule has 0 saturated carbocycles. The summed E-state index contributed by atoms with van der Waals surface area (Å²) >= 11 is 3.31. The van der Waals surface area contributed by atoms with Gasteiger partial charge in [0.2, 0.25) is 0 Å². The highest BCUT2D eigenvalue weighted by Gasteiger charge is 2.05. The van der Waals surface area contributed by atoms with Gasteiger partial charge in [-0.2, -0.15) is 5.26 Å². The van der Waals surface area contributed by atoms with Gasteiger partial charge in [-0.3, -0.25) is 4.57 Å². The van der Waals surface area contributed by atoms with E-state index in [1.165, 1.54) is 0 Å². The first kappa shape index (κ1) is 8.97. The van der Waals surface area contributed by atoms with Crippen LogP contribution in [0.5, 0.6) is 0 Å².